The number of fused-ring (bicyclic) bond motifs is 2. The highest BCUT2D eigenvalue weighted by Crippen LogP contribution is 2.49. The summed E-state index contributed by atoms with van der Waals surface area (Å²) >= 11 is 7.27. The molecule has 1 heterocycles. The maximum absolute atomic E-state index is 12.0. The first-order valence-electron chi connectivity index (χ1n) is 6.01. The molecule has 86 valence electrons. The van der Waals surface area contributed by atoms with E-state index in [0.717, 1.165) is 27.5 Å². The minimum Gasteiger partial charge on any atom is -0.293 e. The molecule has 2 aliphatic carbocycles. The normalized spacial score (nSPS) is 32.2. The van der Waals surface area contributed by atoms with E-state index in [4.69, 9.17) is 11.6 Å². The lowest BCUT2D eigenvalue weighted by Gasteiger charge is -2.20. The van der Waals surface area contributed by atoms with Crippen LogP contribution in [-0.4, -0.2) is 5.78 Å². The fourth-order valence-corrected chi connectivity index (χ4v) is 4.42. The van der Waals surface area contributed by atoms with Crippen molar-refractivity contribution in [3.05, 3.63) is 21.3 Å². The highest BCUT2D eigenvalue weighted by Gasteiger charge is 2.40. The second kappa shape index (κ2) is 4.15. The van der Waals surface area contributed by atoms with Crippen molar-refractivity contribution in [3.63, 3.8) is 0 Å². The van der Waals surface area contributed by atoms with E-state index in [1.165, 1.54) is 37.0 Å². The summed E-state index contributed by atoms with van der Waals surface area (Å²) in [5.74, 6) is 2.72. The highest BCUT2D eigenvalue weighted by molar-refractivity contribution is 7.18. The Morgan fingerprint density at radius 2 is 2.25 bits per heavy atom. The molecule has 0 aliphatic heterocycles. The van der Waals surface area contributed by atoms with Gasteiger partial charge in [-0.1, -0.05) is 18.0 Å². The Morgan fingerprint density at radius 3 is 2.81 bits per heavy atom. The van der Waals surface area contributed by atoms with E-state index in [0.29, 0.717) is 11.7 Å². The zero-order valence-corrected chi connectivity index (χ0v) is 10.7. The van der Waals surface area contributed by atoms with Crippen molar-refractivity contribution in [1.82, 2.24) is 0 Å². The lowest BCUT2D eigenvalue weighted by Crippen LogP contribution is -2.14. The van der Waals surface area contributed by atoms with Crippen LogP contribution in [0.15, 0.2) is 12.1 Å². The van der Waals surface area contributed by atoms with Crippen LogP contribution in [0, 0.1) is 17.8 Å². The molecule has 1 aromatic heterocycles. The topological polar surface area (TPSA) is 17.1 Å². The van der Waals surface area contributed by atoms with E-state index in [2.05, 4.69) is 0 Å². The van der Waals surface area contributed by atoms with E-state index in [-0.39, 0.29) is 0 Å². The fraction of sp³-hybridized carbons (Fsp3) is 0.615. The van der Waals surface area contributed by atoms with E-state index >= 15 is 0 Å². The molecule has 0 aromatic carbocycles. The Labute approximate surface area is 105 Å². The third-order valence-corrected chi connectivity index (χ3v) is 5.45. The summed E-state index contributed by atoms with van der Waals surface area (Å²) in [6.45, 7) is 0. The second-order valence-electron chi connectivity index (χ2n) is 5.17. The highest BCUT2D eigenvalue weighted by atomic mass is 35.5. The fourth-order valence-electron chi connectivity index (χ4n) is 3.43. The summed E-state index contributed by atoms with van der Waals surface area (Å²) < 4.78 is 0.719. The Bertz CT molecular complexity index is 412. The molecular formula is C13H15ClOS. The summed E-state index contributed by atoms with van der Waals surface area (Å²) in [6, 6.07) is 3.68. The average molecular weight is 255 g/mol. The van der Waals surface area contributed by atoms with Gasteiger partial charge in [0.25, 0.3) is 0 Å². The lowest BCUT2D eigenvalue weighted by molar-refractivity contribution is 0.0948. The summed E-state index contributed by atoms with van der Waals surface area (Å²) in [5.41, 5.74) is 0. The van der Waals surface area contributed by atoms with Crippen molar-refractivity contribution < 1.29 is 4.79 Å². The number of halogens is 1. The van der Waals surface area contributed by atoms with Crippen LogP contribution in [0.3, 0.4) is 0 Å². The summed E-state index contributed by atoms with van der Waals surface area (Å²) in [7, 11) is 0. The third kappa shape index (κ3) is 1.93. The quantitative estimate of drug-likeness (QED) is 0.731. The monoisotopic (exact) mass is 254 g/mol. The number of carbonyl (C=O) groups is 1. The SMILES string of the molecule is O=C(CC1CC2CCC1C2)c1ccc(Cl)s1. The van der Waals surface area contributed by atoms with E-state index in [9.17, 15) is 4.79 Å². The molecule has 2 bridgehead atoms. The number of hydrogen-bond donors (Lipinski definition) is 0. The minimum atomic E-state index is 0.300. The first kappa shape index (κ1) is 10.8. The molecule has 3 heteroatoms. The smallest absolute Gasteiger partial charge is 0.173 e. The number of thiophene rings is 1. The summed E-state index contributed by atoms with van der Waals surface area (Å²) in [6.07, 6.45) is 6.17. The van der Waals surface area contributed by atoms with Crippen LogP contribution in [0.2, 0.25) is 4.34 Å². The van der Waals surface area contributed by atoms with E-state index in [1.807, 2.05) is 12.1 Å². The average Bonchev–Trinajstić information content (AvgIpc) is 2.92. The molecular weight excluding hydrogens is 240 g/mol. The molecule has 0 saturated heterocycles. The predicted molar refractivity (Wildman–Crippen MR) is 67.2 cm³/mol. The predicted octanol–water partition coefficient (Wildman–Crippen LogP) is 4.41. The van der Waals surface area contributed by atoms with Crippen molar-refractivity contribution in [3.8, 4) is 0 Å². The van der Waals surface area contributed by atoms with Crippen molar-refractivity contribution >= 4 is 28.7 Å². The number of hydrogen-bond acceptors (Lipinski definition) is 2. The van der Waals surface area contributed by atoms with Crippen LogP contribution in [0.5, 0.6) is 0 Å². The molecule has 3 atom stereocenters. The summed E-state index contributed by atoms with van der Waals surface area (Å²) in [5, 5.41) is 0. The van der Waals surface area contributed by atoms with Crippen LogP contribution in [0.25, 0.3) is 0 Å². The van der Waals surface area contributed by atoms with Gasteiger partial charge in [-0.25, -0.2) is 0 Å². The maximum atomic E-state index is 12.0. The van der Waals surface area contributed by atoms with E-state index < -0.39 is 0 Å². The van der Waals surface area contributed by atoms with Gasteiger partial charge in [-0.15, -0.1) is 11.3 Å². The van der Waals surface area contributed by atoms with Crippen molar-refractivity contribution in [1.29, 1.82) is 0 Å². The van der Waals surface area contributed by atoms with Gasteiger partial charge < -0.3 is 0 Å². The van der Waals surface area contributed by atoms with Crippen LogP contribution >= 0.6 is 22.9 Å². The number of rotatable bonds is 3. The molecule has 2 saturated carbocycles. The zero-order valence-electron chi connectivity index (χ0n) is 9.12. The van der Waals surface area contributed by atoms with Crippen LogP contribution in [-0.2, 0) is 0 Å². The molecule has 0 spiro atoms. The molecule has 16 heavy (non-hydrogen) atoms. The van der Waals surface area contributed by atoms with Gasteiger partial charge in [-0.2, -0.15) is 0 Å². The second-order valence-corrected chi connectivity index (χ2v) is 6.88. The Morgan fingerprint density at radius 1 is 1.38 bits per heavy atom. The van der Waals surface area contributed by atoms with Gasteiger partial charge in [-0.3, -0.25) is 4.79 Å². The molecule has 0 radical (unpaired) electrons. The van der Waals surface area contributed by atoms with Crippen LogP contribution in [0.1, 0.15) is 41.8 Å². The Balaban J connectivity index is 1.65. The number of Topliss-reactive ketones (excluding diaryl/α,β-unsaturated/α-hetero) is 1. The minimum absolute atomic E-state index is 0.300. The molecule has 0 amide bonds. The van der Waals surface area contributed by atoms with Crippen molar-refractivity contribution in [2.45, 2.75) is 32.1 Å². The van der Waals surface area contributed by atoms with Crippen molar-refractivity contribution in [2.24, 2.45) is 17.8 Å². The number of carbonyl (C=O) groups excluding carboxylic acids is 1. The first-order valence-corrected chi connectivity index (χ1v) is 7.20. The van der Waals surface area contributed by atoms with Gasteiger partial charge in [0.1, 0.15) is 0 Å². The zero-order chi connectivity index (χ0) is 11.1. The van der Waals surface area contributed by atoms with Gasteiger partial charge in [0.2, 0.25) is 0 Å². The lowest BCUT2D eigenvalue weighted by atomic mass is 9.85. The van der Waals surface area contributed by atoms with Gasteiger partial charge >= 0.3 is 0 Å². The Kier molecular flexibility index (Phi) is 2.80. The molecule has 2 aliphatic rings. The number of ketones is 1. The largest absolute Gasteiger partial charge is 0.293 e. The van der Waals surface area contributed by atoms with Gasteiger partial charge in [0.15, 0.2) is 5.78 Å². The molecule has 1 aromatic rings. The third-order valence-electron chi connectivity index (χ3n) is 4.18. The molecule has 3 unspecified atom stereocenters. The first-order chi connectivity index (χ1) is 7.72. The standard InChI is InChI=1S/C13H15ClOS/c14-13-4-3-12(16-13)11(15)7-10-6-8-1-2-9(10)5-8/h3-4,8-10H,1-2,5-7H2. The van der Waals surface area contributed by atoms with Gasteiger partial charge in [0.05, 0.1) is 9.21 Å². The Hall–Kier alpha value is -0.340. The van der Waals surface area contributed by atoms with Crippen LogP contribution < -0.4 is 0 Å². The van der Waals surface area contributed by atoms with E-state index in [1.54, 1.807) is 0 Å². The van der Waals surface area contributed by atoms with Gasteiger partial charge in [-0.05, 0) is 49.1 Å². The van der Waals surface area contributed by atoms with Crippen LogP contribution in [0.4, 0.5) is 0 Å². The van der Waals surface area contributed by atoms with Crippen molar-refractivity contribution in [2.75, 3.05) is 0 Å². The van der Waals surface area contributed by atoms with Gasteiger partial charge in [0, 0.05) is 6.42 Å². The molecule has 0 N–H and O–H groups in total. The molecule has 3 rings (SSSR count). The summed E-state index contributed by atoms with van der Waals surface area (Å²) in [4.78, 5) is 12.9. The maximum Gasteiger partial charge on any atom is 0.173 e. The molecule has 2 fully saturated rings. The molecule has 1 nitrogen and oxygen atoms in total.